The fourth-order valence-corrected chi connectivity index (χ4v) is 2.67. The molecule has 16 heavy (non-hydrogen) atoms. The summed E-state index contributed by atoms with van der Waals surface area (Å²) in [6.07, 6.45) is 10.7. The average molecular weight is 215 g/mol. The number of fused-ring (bicyclic) bond motifs is 3. The zero-order valence-corrected chi connectivity index (χ0v) is 9.29. The number of aromatic amines is 1. The molecule has 1 aliphatic heterocycles. The second kappa shape index (κ2) is 3.92. The van der Waals surface area contributed by atoms with Gasteiger partial charge in [0.05, 0.1) is 6.04 Å². The molecule has 0 radical (unpaired) electrons. The van der Waals surface area contributed by atoms with Crippen LogP contribution in [-0.4, -0.2) is 18.1 Å². The molecule has 0 saturated carbocycles. The SMILES string of the molecule is NCC1NCCc2c1[nH]c1c2CC=CC=C1. The highest BCUT2D eigenvalue weighted by Crippen LogP contribution is 2.29. The lowest BCUT2D eigenvalue weighted by Gasteiger charge is -2.23. The predicted octanol–water partition coefficient (Wildman–Crippen LogP) is 1.29. The first-order valence-corrected chi connectivity index (χ1v) is 5.90. The van der Waals surface area contributed by atoms with Crippen LogP contribution in [-0.2, 0) is 12.8 Å². The van der Waals surface area contributed by atoms with Gasteiger partial charge in [0.1, 0.15) is 0 Å². The lowest BCUT2D eigenvalue weighted by molar-refractivity contribution is 0.503. The van der Waals surface area contributed by atoms with Crippen molar-refractivity contribution in [3.63, 3.8) is 0 Å². The number of H-pyrrole nitrogens is 1. The van der Waals surface area contributed by atoms with Crippen LogP contribution in [0.2, 0.25) is 0 Å². The molecule has 3 heteroatoms. The lowest BCUT2D eigenvalue weighted by Crippen LogP contribution is -2.34. The monoisotopic (exact) mass is 215 g/mol. The zero-order chi connectivity index (χ0) is 11.0. The second-order valence-electron chi connectivity index (χ2n) is 4.39. The largest absolute Gasteiger partial charge is 0.357 e. The molecule has 1 aromatic rings. The van der Waals surface area contributed by atoms with Gasteiger partial charge in [-0.3, -0.25) is 0 Å². The summed E-state index contributed by atoms with van der Waals surface area (Å²) in [6, 6.07) is 0.299. The Kier molecular flexibility index (Phi) is 2.42. The van der Waals surface area contributed by atoms with Crippen LogP contribution < -0.4 is 11.1 Å². The van der Waals surface area contributed by atoms with Gasteiger partial charge in [0, 0.05) is 17.9 Å². The Hall–Kier alpha value is -1.32. The minimum atomic E-state index is 0.299. The summed E-state index contributed by atoms with van der Waals surface area (Å²) < 4.78 is 0. The molecule has 0 aromatic carbocycles. The van der Waals surface area contributed by atoms with Crippen molar-refractivity contribution in [1.82, 2.24) is 10.3 Å². The van der Waals surface area contributed by atoms with Gasteiger partial charge in [0.15, 0.2) is 0 Å². The minimum absolute atomic E-state index is 0.299. The maximum atomic E-state index is 5.79. The van der Waals surface area contributed by atoms with E-state index in [1.54, 1.807) is 0 Å². The van der Waals surface area contributed by atoms with E-state index < -0.39 is 0 Å². The number of hydrogen-bond donors (Lipinski definition) is 3. The van der Waals surface area contributed by atoms with Gasteiger partial charge in [0.2, 0.25) is 0 Å². The normalized spacial score (nSPS) is 22.7. The van der Waals surface area contributed by atoms with Gasteiger partial charge in [0.25, 0.3) is 0 Å². The van der Waals surface area contributed by atoms with E-state index in [2.05, 4.69) is 34.6 Å². The highest BCUT2D eigenvalue weighted by molar-refractivity contribution is 5.59. The van der Waals surface area contributed by atoms with E-state index in [1.165, 1.54) is 22.5 Å². The van der Waals surface area contributed by atoms with Crippen LogP contribution in [0.25, 0.3) is 6.08 Å². The van der Waals surface area contributed by atoms with Gasteiger partial charge in [-0.05, 0) is 36.6 Å². The highest BCUT2D eigenvalue weighted by Gasteiger charge is 2.24. The number of hydrogen-bond acceptors (Lipinski definition) is 2. The highest BCUT2D eigenvalue weighted by atomic mass is 15.0. The van der Waals surface area contributed by atoms with E-state index >= 15 is 0 Å². The maximum Gasteiger partial charge on any atom is 0.0600 e. The summed E-state index contributed by atoms with van der Waals surface area (Å²) in [5.74, 6) is 0. The van der Waals surface area contributed by atoms with Crippen molar-refractivity contribution in [2.75, 3.05) is 13.1 Å². The quantitative estimate of drug-likeness (QED) is 0.661. The number of nitrogens with two attached hydrogens (primary N) is 1. The summed E-state index contributed by atoms with van der Waals surface area (Å²) >= 11 is 0. The smallest absolute Gasteiger partial charge is 0.0600 e. The van der Waals surface area contributed by atoms with Gasteiger partial charge < -0.3 is 16.0 Å². The van der Waals surface area contributed by atoms with E-state index in [0.717, 1.165) is 19.4 Å². The molecule has 1 aliphatic carbocycles. The van der Waals surface area contributed by atoms with Crippen molar-refractivity contribution in [2.24, 2.45) is 5.73 Å². The molecule has 84 valence electrons. The van der Waals surface area contributed by atoms with E-state index in [1.807, 2.05) is 0 Å². The van der Waals surface area contributed by atoms with Gasteiger partial charge in [-0.2, -0.15) is 0 Å². The van der Waals surface area contributed by atoms with Crippen LogP contribution in [0.1, 0.15) is 28.6 Å². The maximum absolute atomic E-state index is 5.79. The molecule has 0 saturated heterocycles. The zero-order valence-electron chi connectivity index (χ0n) is 9.29. The van der Waals surface area contributed by atoms with Crippen molar-refractivity contribution in [1.29, 1.82) is 0 Å². The van der Waals surface area contributed by atoms with E-state index in [-0.39, 0.29) is 0 Å². The summed E-state index contributed by atoms with van der Waals surface area (Å²) in [7, 11) is 0. The van der Waals surface area contributed by atoms with Crippen molar-refractivity contribution < 1.29 is 0 Å². The van der Waals surface area contributed by atoms with Gasteiger partial charge in [-0.15, -0.1) is 0 Å². The minimum Gasteiger partial charge on any atom is -0.357 e. The second-order valence-corrected chi connectivity index (χ2v) is 4.39. The summed E-state index contributed by atoms with van der Waals surface area (Å²) in [5.41, 5.74) is 11.3. The first-order valence-electron chi connectivity index (χ1n) is 5.90. The summed E-state index contributed by atoms with van der Waals surface area (Å²) in [5, 5.41) is 3.45. The van der Waals surface area contributed by atoms with Crippen LogP contribution in [0.3, 0.4) is 0 Å². The topological polar surface area (TPSA) is 53.8 Å². The Morgan fingerprint density at radius 1 is 1.31 bits per heavy atom. The van der Waals surface area contributed by atoms with Crippen LogP contribution in [0.4, 0.5) is 0 Å². The molecule has 3 nitrogen and oxygen atoms in total. The van der Waals surface area contributed by atoms with Gasteiger partial charge in [-0.1, -0.05) is 18.2 Å². The first-order chi connectivity index (χ1) is 7.90. The van der Waals surface area contributed by atoms with Crippen molar-refractivity contribution in [2.45, 2.75) is 18.9 Å². The summed E-state index contributed by atoms with van der Waals surface area (Å²) in [6.45, 7) is 1.69. The number of allylic oxidation sites excluding steroid dienone is 3. The lowest BCUT2D eigenvalue weighted by atomic mass is 9.96. The number of aromatic nitrogens is 1. The van der Waals surface area contributed by atoms with E-state index in [9.17, 15) is 0 Å². The standard InChI is InChI=1S/C13H17N3/c14-8-12-13-10(6-7-15-12)9-4-2-1-3-5-11(9)16-13/h1-3,5,12,15-16H,4,6-8,14H2. The van der Waals surface area contributed by atoms with Crippen molar-refractivity contribution in [3.8, 4) is 0 Å². The molecule has 2 heterocycles. The third-order valence-electron chi connectivity index (χ3n) is 3.47. The predicted molar refractivity (Wildman–Crippen MR) is 66.2 cm³/mol. The van der Waals surface area contributed by atoms with Gasteiger partial charge in [-0.25, -0.2) is 0 Å². The number of rotatable bonds is 1. The fourth-order valence-electron chi connectivity index (χ4n) is 2.67. The third-order valence-corrected chi connectivity index (χ3v) is 3.47. The molecule has 2 aliphatic rings. The molecular formula is C13H17N3. The van der Waals surface area contributed by atoms with Crippen LogP contribution in [0, 0.1) is 0 Å². The van der Waals surface area contributed by atoms with Crippen molar-refractivity contribution in [3.05, 3.63) is 40.7 Å². The van der Waals surface area contributed by atoms with Crippen LogP contribution in [0.5, 0.6) is 0 Å². The van der Waals surface area contributed by atoms with Crippen LogP contribution in [0.15, 0.2) is 18.2 Å². The average Bonchev–Trinajstić information content (AvgIpc) is 2.52. The third kappa shape index (κ3) is 1.44. The Labute approximate surface area is 95.4 Å². The Morgan fingerprint density at radius 3 is 3.12 bits per heavy atom. The molecule has 0 fully saturated rings. The van der Waals surface area contributed by atoms with E-state index in [0.29, 0.717) is 12.6 Å². The Balaban J connectivity index is 2.10. The Bertz CT molecular complexity index is 454. The molecule has 0 spiro atoms. The first kappa shape index (κ1) is 9.87. The molecule has 1 unspecified atom stereocenters. The summed E-state index contributed by atoms with van der Waals surface area (Å²) in [4.78, 5) is 3.53. The number of nitrogens with one attached hydrogen (secondary N) is 2. The Morgan fingerprint density at radius 2 is 2.25 bits per heavy atom. The molecule has 1 aromatic heterocycles. The van der Waals surface area contributed by atoms with Gasteiger partial charge >= 0.3 is 0 Å². The molecule has 4 N–H and O–H groups in total. The van der Waals surface area contributed by atoms with Crippen LogP contribution >= 0.6 is 0 Å². The molecule has 0 bridgehead atoms. The molecule has 3 rings (SSSR count). The van der Waals surface area contributed by atoms with E-state index in [4.69, 9.17) is 5.73 Å². The van der Waals surface area contributed by atoms with Crippen molar-refractivity contribution >= 4 is 6.08 Å². The molecule has 1 atom stereocenters. The fraction of sp³-hybridized carbons (Fsp3) is 0.385. The molecule has 0 amide bonds. The molecular weight excluding hydrogens is 198 g/mol.